The summed E-state index contributed by atoms with van der Waals surface area (Å²) in [5.41, 5.74) is 6.67. The highest BCUT2D eigenvalue weighted by Gasteiger charge is 2.37. The molecule has 1 unspecified atom stereocenters. The Morgan fingerprint density at radius 1 is 1.44 bits per heavy atom. The Morgan fingerprint density at radius 3 is 2.62 bits per heavy atom. The first-order valence-corrected chi connectivity index (χ1v) is 5.45. The quantitative estimate of drug-likeness (QED) is 0.843. The molecule has 1 fully saturated rings. The smallest absolute Gasteiger partial charge is 0.123 e. The molecule has 1 atom stereocenters. The van der Waals surface area contributed by atoms with Gasteiger partial charge in [0.15, 0.2) is 0 Å². The molecule has 0 saturated carbocycles. The van der Waals surface area contributed by atoms with Crippen molar-refractivity contribution in [3.63, 3.8) is 0 Å². The van der Waals surface area contributed by atoms with Crippen LogP contribution in [0.15, 0.2) is 24.3 Å². The van der Waals surface area contributed by atoms with Crippen LogP contribution in [0, 0.1) is 5.82 Å². The number of hydrogen-bond acceptors (Lipinski definition) is 3. The van der Waals surface area contributed by atoms with Gasteiger partial charge in [0.1, 0.15) is 5.82 Å². The summed E-state index contributed by atoms with van der Waals surface area (Å²) in [6.45, 7) is 1.92. The Balaban J connectivity index is 2.23. The van der Waals surface area contributed by atoms with Gasteiger partial charge < -0.3 is 15.4 Å². The van der Waals surface area contributed by atoms with Crippen LogP contribution in [0.4, 0.5) is 10.1 Å². The lowest BCUT2D eigenvalue weighted by molar-refractivity contribution is 0.178. The van der Waals surface area contributed by atoms with Crippen molar-refractivity contribution in [3.05, 3.63) is 30.1 Å². The minimum atomic E-state index is -0.221. The summed E-state index contributed by atoms with van der Waals surface area (Å²) in [6.07, 6.45) is 0.914. The number of nitrogens with zero attached hydrogens (tertiary/aromatic N) is 1. The highest BCUT2D eigenvalue weighted by Crippen LogP contribution is 2.29. The van der Waals surface area contributed by atoms with Gasteiger partial charge in [-0.25, -0.2) is 4.39 Å². The maximum Gasteiger partial charge on any atom is 0.123 e. The van der Waals surface area contributed by atoms with E-state index >= 15 is 0 Å². The molecule has 2 rings (SSSR count). The van der Waals surface area contributed by atoms with Crippen LogP contribution >= 0.6 is 0 Å². The van der Waals surface area contributed by atoms with Gasteiger partial charge in [-0.05, 0) is 30.7 Å². The van der Waals surface area contributed by atoms with Crippen molar-refractivity contribution >= 4 is 5.69 Å². The minimum Gasteiger partial charge on any atom is -0.379 e. The van der Waals surface area contributed by atoms with E-state index in [0.29, 0.717) is 13.2 Å². The third-order valence-corrected chi connectivity index (χ3v) is 3.39. The van der Waals surface area contributed by atoms with Crippen LogP contribution in [0.2, 0.25) is 0 Å². The molecule has 0 aromatic heterocycles. The Morgan fingerprint density at radius 2 is 2.12 bits per heavy atom. The molecule has 1 aliphatic heterocycles. The van der Waals surface area contributed by atoms with E-state index in [2.05, 4.69) is 4.90 Å². The number of likely N-dealkylation sites (N-methyl/N-ethyl adjacent to an activating group) is 1. The normalized spacial score (nSPS) is 24.7. The van der Waals surface area contributed by atoms with Gasteiger partial charge in [-0.1, -0.05) is 0 Å². The predicted molar refractivity (Wildman–Crippen MR) is 62.0 cm³/mol. The van der Waals surface area contributed by atoms with E-state index in [-0.39, 0.29) is 11.4 Å². The maximum absolute atomic E-state index is 12.8. The molecule has 0 amide bonds. The molecule has 0 radical (unpaired) electrons. The largest absolute Gasteiger partial charge is 0.379 e. The number of anilines is 1. The molecule has 1 aromatic rings. The lowest BCUT2D eigenvalue weighted by Gasteiger charge is -2.38. The molecule has 0 aliphatic carbocycles. The molecule has 1 heterocycles. The average Bonchev–Trinajstić information content (AvgIpc) is 2.79. The fourth-order valence-corrected chi connectivity index (χ4v) is 2.10. The van der Waals surface area contributed by atoms with Crippen LogP contribution in [-0.2, 0) is 4.74 Å². The molecular weight excluding hydrogens is 207 g/mol. The van der Waals surface area contributed by atoms with Crippen LogP contribution in [0.5, 0.6) is 0 Å². The molecule has 1 aromatic carbocycles. The van der Waals surface area contributed by atoms with E-state index in [1.54, 1.807) is 12.1 Å². The third kappa shape index (κ3) is 1.90. The van der Waals surface area contributed by atoms with E-state index < -0.39 is 0 Å². The van der Waals surface area contributed by atoms with Crippen molar-refractivity contribution < 1.29 is 9.13 Å². The van der Waals surface area contributed by atoms with E-state index in [9.17, 15) is 4.39 Å². The van der Waals surface area contributed by atoms with Gasteiger partial charge in [0, 0.05) is 25.9 Å². The topological polar surface area (TPSA) is 38.5 Å². The molecular formula is C12H17FN2O. The van der Waals surface area contributed by atoms with Crippen molar-refractivity contribution in [1.82, 2.24) is 0 Å². The summed E-state index contributed by atoms with van der Waals surface area (Å²) in [5, 5.41) is 0. The van der Waals surface area contributed by atoms with Crippen molar-refractivity contribution in [1.29, 1.82) is 0 Å². The van der Waals surface area contributed by atoms with E-state index in [1.807, 2.05) is 7.05 Å². The Labute approximate surface area is 95.0 Å². The number of ether oxygens (including phenoxy) is 1. The lowest BCUT2D eigenvalue weighted by atomic mass is 9.96. The lowest BCUT2D eigenvalue weighted by Crippen LogP contribution is -2.53. The Bertz CT molecular complexity index is 347. The van der Waals surface area contributed by atoms with Crippen LogP contribution in [0.25, 0.3) is 0 Å². The van der Waals surface area contributed by atoms with Crippen molar-refractivity contribution in [2.24, 2.45) is 5.73 Å². The first-order valence-electron chi connectivity index (χ1n) is 5.45. The van der Waals surface area contributed by atoms with Gasteiger partial charge >= 0.3 is 0 Å². The average molecular weight is 224 g/mol. The molecule has 88 valence electrons. The van der Waals surface area contributed by atoms with Gasteiger partial charge in [-0.3, -0.25) is 0 Å². The fourth-order valence-electron chi connectivity index (χ4n) is 2.10. The van der Waals surface area contributed by atoms with Crippen LogP contribution in [-0.4, -0.2) is 32.3 Å². The fraction of sp³-hybridized carbons (Fsp3) is 0.500. The summed E-state index contributed by atoms with van der Waals surface area (Å²) in [5.74, 6) is -0.221. The molecule has 3 nitrogen and oxygen atoms in total. The second kappa shape index (κ2) is 4.39. The number of benzene rings is 1. The number of nitrogens with two attached hydrogens (primary N) is 1. The first-order chi connectivity index (χ1) is 7.68. The first kappa shape index (κ1) is 11.4. The van der Waals surface area contributed by atoms with Gasteiger partial charge in [-0.15, -0.1) is 0 Å². The molecule has 0 spiro atoms. The van der Waals surface area contributed by atoms with E-state index in [1.165, 1.54) is 12.1 Å². The molecule has 0 bridgehead atoms. The minimum absolute atomic E-state index is 0.141. The SMILES string of the molecule is CN(c1ccc(F)cc1)C1(CN)CCOC1. The monoisotopic (exact) mass is 224 g/mol. The van der Waals surface area contributed by atoms with Gasteiger partial charge in [0.2, 0.25) is 0 Å². The van der Waals surface area contributed by atoms with Gasteiger partial charge in [0.25, 0.3) is 0 Å². The van der Waals surface area contributed by atoms with Crippen LogP contribution < -0.4 is 10.6 Å². The zero-order valence-electron chi connectivity index (χ0n) is 9.45. The highest BCUT2D eigenvalue weighted by atomic mass is 19.1. The molecule has 2 N–H and O–H groups in total. The summed E-state index contributed by atoms with van der Waals surface area (Å²) < 4.78 is 18.3. The van der Waals surface area contributed by atoms with E-state index in [4.69, 9.17) is 10.5 Å². The zero-order chi connectivity index (χ0) is 11.6. The molecule has 1 saturated heterocycles. The van der Waals surface area contributed by atoms with Gasteiger partial charge in [-0.2, -0.15) is 0 Å². The van der Waals surface area contributed by atoms with Gasteiger partial charge in [0.05, 0.1) is 12.1 Å². The number of rotatable bonds is 3. The van der Waals surface area contributed by atoms with Crippen molar-refractivity contribution in [2.45, 2.75) is 12.0 Å². The Hall–Kier alpha value is -1.13. The molecule has 1 aliphatic rings. The Kier molecular flexibility index (Phi) is 3.12. The van der Waals surface area contributed by atoms with E-state index in [0.717, 1.165) is 18.7 Å². The van der Waals surface area contributed by atoms with Crippen LogP contribution in [0.3, 0.4) is 0 Å². The molecule has 16 heavy (non-hydrogen) atoms. The van der Waals surface area contributed by atoms with Crippen molar-refractivity contribution in [3.8, 4) is 0 Å². The third-order valence-electron chi connectivity index (χ3n) is 3.39. The second-order valence-electron chi connectivity index (χ2n) is 4.27. The zero-order valence-corrected chi connectivity index (χ0v) is 9.45. The second-order valence-corrected chi connectivity index (χ2v) is 4.27. The summed E-state index contributed by atoms with van der Waals surface area (Å²) >= 11 is 0. The molecule has 4 heteroatoms. The van der Waals surface area contributed by atoms with Crippen molar-refractivity contribution in [2.75, 3.05) is 31.7 Å². The maximum atomic E-state index is 12.8. The summed E-state index contributed by atoms with van der Waals surface area (Å²) in [6, 6.07) is 6.47. The number of hydrogen-bond donors (Lipinski definition) is 1. The predicted octanol–water partition coefficient (Wildman–Crippen LogP) is 1.38. The van der Waals surface area contributed by atoms with Crippen LogP contribution in [0.1, 0.15) is 6.42 Å². The standard InChI is InChI=1S/C12H17FN2O/c1-15(11-4-2-10(13)3-5-11)12(8-14)6-7-16-9-12/h2-5H,6-9,14H2,1H3. The summed E-state index contributed by atoms with van der Waals surface area (Å²) in [7, 11) is 1.98. The highest BCUT2D eigenvalue weighted by molar-refractivity contribution is 5.48. The summed E-state index contributed by atoms with van der Waals surface area (Å²) in [4.78, 5) is 2.10. The number of halogens is 1.